The fraction of sp³-hybridized carbons (Fsp3) is 0.469. The Balaban J connectivity index is 1.34. The number of nitrogens with zero attached hydrogens (tertiary/aromatic N) is 5. The molecule has 3 atom stereocenters. The number of phenolic OH excluding ortho intramolecular Hbond substituents is 1. The number of aromatic nitrogens is 3. The summed E-state index contributed by atoms with van der Waals surface area (Å²) in [6.07, 6.45) is 8.54. The summed E-state index contributed by atoms with van der Waals surface area (Å²) in [5.41, 5.74) is 3.71. The van der Waals surface area contributed by atoms with Crippen LogP contribution in [0.4, 0.5) is 5.82 Å². The molecule has 2 N–H and O–H groups in total. The van der Waals surface area contributed by atoms with Crippen LogP contribution in [0.2, 0.25) is 0 Å². The minimum atomic E-state index is 0.234. The molecule has 2 unspecified atom stereocenters. The lowest BCUT2D eigenvalue weighted by atomic mass is 9.96. The van der Waals surface area contributed by atoms with Gasteiger partial charge in [0.05, 0.1) is 23.2 Å². The molecular weight excluding hydrogens is 500 g/mol. The van der Waals surface area contributed by atoms with Crippen LogP contribution in [-0.2, 0) is 6.42 Å². The highest BCUT2D eigenvalue weighted by molar-refractivity contribution is 6.01. The maximum Gasteiger partial charge on any atom is 0.318 e. The number of aromatic hydroxyl groups is 1. The fourth-order valence-electron chi connectivity index (χ4n) is 7.07. The van der Waals surface area contributed by atoms with Gasteiger partial charge < -0.3 is 25.0 Å². The number of aryl methyl sites for hydroxylation is 1. The van der Waals surface area contributed by atoms with E-state index < -0.39 is 0 Å². The van der Waals surface area contributed by atoms with E-state index in [9.17, 15) is 5.11 Å². The lowest BCUT2D eigenvalue weighted by Gasteiger charge is -2.34. The van der Waals surface area contributed by atoms with Gasteiger partial charge in [0.15, 0.2) is 0 Å². The van der Waals surface area contributed by atoms with Gasteiger partial charge in [0.25, 0.3) is 0 Å². The molecule has 2 aromatic heterocycles. The molecule has 3 aliphatic heterocycles. The molecule has 0 radical (unpaired) electrons. The Morgan fingerprint density at radius 1 is 1.05 bits per heavy atom. The maximum absolute atomic E-state index is 10.6. The second-order valence-electron chi connectivity index (χ2n) is 11.7. The van der Waals surface area contributed by atoms with Crippen molar-refractivity contribution in [2.45, 2.75) is 63.6 Å². The number of nitrogens with one attached hydrogen (secondary N) is 1. The first-order valence-electron chi connectivity index (χ1n) is 14.8. The van der Waals surface area contributed by atoms with E-state index in [1.54, 1.807) is 6.07 Å². The summed E-state index contributed by atoms with van der Waals surface area (Å²) in [6, 6.07) is 13.7. The lowest BCUT2D eigenvalue weighted by Crippen LogP contribution is -2.51. The molecule has 0 amide bonds. The van der Waals surface area contributed by atoms with Crippen LogP contribution in [0.3, 0.4) is 0 Å². The van der Waals surface area contributed by atoms with E-state index in [0.29, 0.717) is 30.7 Å². The van der Waals surface area contributed by atoms with Crippen molar-refractivity contribution in [2.75, 3.05) is 38.2 Å². The molecule has 5 heterocycles. The second kappa shape index (κ2) is 10.5. The minimum absolute atomic E-state index is 0.234. The monoisotopic (exact) mass is 538 g/mol. The number of benzene rings is 2. The number of ether oxygens (including phenoxy) is 1. The van der Waals surface area contributed by atoms with Gasteiger partial charge in [0, 0.05) is 48.5 Å². The summed E-state index contributed by atoms with van der Waals surface area (Å²) in [4.78, 5) is 19.9. The fourth-order valence-corrected chi connectivity index (χ4v) is 7.07. The maximum atomic E-state index is 10.6. The first kappa shape index (κ1) is 25.5. The Labute approximate surface area is 235 Å². The number of fused-ring (bicyclic) bond motifs is 4. The molecule has 40 heavy (non-hydrogen) atoms. The number of piperazine rings is 1. The molecule has 8 nitrogen and oxygen atoms in total. The van der Waals surface area contributed by atoms with Crippen molar-refractivity contribution in [1.82, 2.24) is 25.2 Å². The molecule has 8 heteroatoms. The van der Waals surface area contributed by atoms with Crippen molar-refractivity contribution in [2.24, 2.45) is 0 Å². The van der Waals surface area contributed by atoms with E-state index >= 15 is 0 Å². The van der Waals surface area contributed by atoms with Crippen LogP contribution < -0.4 is 15.0 Å². The van der Waals surface area contributed by atoms with Gasteiger partial charge >= 0.3 is 6.01 Å². The van der Waals surface area contributed by atoms with Gasteiger partial charge in [-0.25, -0.2) is 0 Å². The van der Waals surface area contributed by atoms with Gasteiger partial charge in [0.1, 0.15) is 11.6 Å². The Morgan fingerprint density at radius 2 is 1.88 bits per heavy atom. The standard InChI is InChI=1S/C32H38N6O2/c1-3-25-29(27-16-24(39)15-20-7-4-5-9-26(20)27)33-17-28-30(25)35-32(40-14-12-23-8-6-13-37(23)2)36-31(28)38-18-21-10-11-22(19-38)34-21/h4-5,7,9,15-17,21-23,34,39H,3,6,8,10-14,18-19H2,1-2H3/t21?,22?,23-/m0/s1. The van der Waals surface area contributed by atoms with Crippen LogP contribution in [0, 0.1) is 0 Å². The Morgan fingerprint density at radius 3 is 2.65 bits per heavy atom. The van der Waals surface area contributed by atoms with E-state index in [1.165, 1.54) is 25.7 Å². The average Bonchev–Trinajstić information content (AvgIpc) is 3.54. The van der Waals surface area contributed by atoms with Crippen molar-refractivity contribution in [3.63, 3.8) is 0 Å². The molecule has 2 bridgehead atoms. The number of phenols is 1. The lowest BCUT2D eigenvalue weighted by molar-refractivity contribution is 0.223. The molecule has 4 aromatic rings. The SMILES string of the molecule is CCc1c(-c2cc(O)cc3ccccc23)ncc2c(N3CC4CCC(C3)N4)nc(OCC[C@@H]3CCCN3C)nc12. The third-order valence-corrected chi connectivity index (χ3v) is 9.12. The number of hydrogen-bond acceptors (Lipinski definition) is 8. The zero-order valence-corrected chi connectivity index (χ0v) is 23.4. The van der Waals surface area contributed by atoms with Crippen LogP contribution >= 0.6 is 0 Å². The first-order valence-corrected chi connectivity index (χ1v) is 14.8. The van der Waals surface area contributed by atoms with Crippen LogP contribution in [0.5, 0.6) is 11.8 Å². The smallest absolute Gasteiger partial charge is 0.318 e. The van der Waals surface area contributed by atoms with E-state index in [2.05, 4.69) is 35.2 Å². The van der Waals surface area contributed by atoms with Gasteiger partial charge in [0.2, 0.25) is 0 Å². The first-order chi connectivity index (χ1) is 19.6. The summed E-state index contributed by atoms with van der Waals surface area (Å²) in [6.45, 7) is 5.76. The van der Waals surface area contributed by atoms with Gasteiger partial charge in [-0.3, -0.25) is 4.98 Å². The highest BCUT2D eigenvalue weighted by Crippen LogP contribution is 2.38. The molecular formula is C32H38N6O2. The Bertz CT molecular complexity index is 1550. The van der Waals surface area contributed by atoms with E-state index in [-0.39, 0.29) is 5.75 Å². The van der Waals surface area contributed by atoms with Gasteiger partial charge in [-0.2, -0.15) is 9.97 Å². The van der Waals surface area contributed by atoms with Gasteiger partial charge in [-0.1, -0.05) is 31.2 Å². The van der Waals surface area contributed by atoms with Crippen LogP contribution in [0.25, 0.3) is 32.9 Å². The highest BCUT2D eigenvalue weighted by atomic mass is 16.5. The van der Waals surface area contributed by atoms with Crippen molar-refractivity contribution in [3.05, 3.63) is 48.2 Å². The average molecular weight is 539 g/mol. The molecule has 0 spiro atoms. The van der Waals surface area contributed by atoms with Gasteiger partial charge in [-0.15, -0.1) is 0 Å². The summed E-state index contributed by atoms with van der Waals surface area (Å²) in [5, 5.41) is 17.3. The molecule has 3 saturated heterocycles. The Kier molecular flexibility index (Phi) is 6.68. The number of likely N-dealkylation sites (tertiary alicyclic amines) is 1. The molecule has 3 fully saturated rings. The molecule has 3 aliphatic rings. The second-order valence-corrected chi connectivity index (χ2v) is 11.7. The molecule has 208 valence electrons. The highest BCUT2D eigenvalue weighted by Gasteiger charge is 2.34. The largest absolute Gasteiger partial charge is 0.508 e. The van der Waals surface area contributed by atoms with Crippen LogP contribution in [0.15, 0.2) is 42.6 Å². The summed E-state index contributed by atoms with van der Waals surface area (Å²) in [5.74, 6) is 1.16. The van der Waals surface area contributed by atoms with Crippen LogP contribution in [-0.4, -0.2) is 76.4 Å². The summed E-state index contributed by atoms with van der Waals surface area (Å²) >= 11 is 0. The zero-order chi connectivity index (χ0) is 27.2. The predicted octanol–water partition coefficient (Wildman–Crippen LogP) is 4.92. The third-order valence-electron chi connectivity index (χ3n) is 9.12. The van der Waals surface area contributed by atoms with Crippen molar-refractivity contribution in [3.8, 4) is 23.0 Å². The topological polar surface area (TPSA) is 86.6 Å². The quantitative estimate of drug-likeness (QED) is 0.343. The summed E-state index contributed by atoms with van der Waals surface area (Å²) < 4.78 is 6.31. The van der Waals surface area contributed by atoms with Gasteiger partial charge in [-0.05, 0) is 75.0 Å². The number of anilines is 1. The molecule has 7 rings (SSSR count). The van der Waals surface area contributed by atoms with Crippen molar-refractivity contribution >= 4 is 27.5 Å². The third kappa shape index (κ3) is 4.63. The molecule has 0 aliphatic carbocycles. The number of hydrogen-bond donors (Lipinski definition) is 2. The van der Waals surface area contributed by atoms with E-state index in [0.717, 1.165) is 76.8 Å². The zero-order valence-electron chi connectivity index (χ0n) is 23.4. The van der Waals surface area contributed by atoms with Crippen LogP contribution in [0.1, 0.15) is 44.6 Å². The van der Waals surface area contributed by atoms with E-state index in [1.807, 2.05) is 30.5 Å². The number of pyridine rings is 1. The van der Waals surface area contributed by atoms with Crippen molar-refractivity contribution < 1.29 is 9.84 Å². The Hall–Kier alpha value is -3.49. The minimum Gasteiger partial charge on any atom is -0.508 e. The number of rotatable bonds is 7. The summed E-state index contributed by atoms with van der Waals surface area (Å²) in [7, 11) is 2.20. The normalized spacial score (nSPS) is 22.9. The molecule has 0 saturated carbocycles. The van der Waals surface area contributed by atoms with E-state index in [4.69, 9.17) is 19.7 Å². The molecule has 2 aromatic carbocycles. The predicted molar refractivity (Wildman–Crippen MR) is 159 cm³/mol. The van der Waals surface area contributed by atoms with Crippen molar-refractivity contribution in [1.29, 1.82) is 0 Å².